The van der Waals surface area contributed by atoms with E-state index >= 15 is 0 Å². The standard InChI is InChI=1S/C19H25N3O3/c1-4-25-19(24)22-17(11-14(2)3)13-21-18(23)10-9-15-7-5-6-8-16(15)12-20/h5-10,14,17H,4,11,13H2,1-3H3,(H,21,23)(H,22,24)/b10-9+. The smallest absolute Gasteiger partial charge is 0.407 e. The topological polar surface area (TPSA) is 91.2 Å². The van der Waals surface area contributed by atoms with Crippen molar-refractivity contribution in [1.82, 2.24) is 10.6 Å². The molecule has 1 aromatic carbocycles. The average molecular weight is 343 g/mol. The van der Waals surface area contributed by atoms with Gasteiger partial charge in [0.15, 0.2) is 0 Å². The number of alkyl carbamates (subject to hydrolysis) is 1. The van der Waals surface area contributed by atoms with E-state index in [2.05, 4.69) is 16.7 Å². The van der Waals surface area contributed by atoms with Gasteiger partial charge in [0.25, 0.3) is 0 Å². The highest BCUT2D eigenvalue weighted by Crippen LogP contribution is 2.09. The van der Waals surface area contributed by atoms with Gasteiger partial charge in [0.2, 0.25) is 5.91 Å². The largest absolute Gasteiger partial charge is 0.450 e. The molecule has 0 aliphatic heterocycles. The maximum Gasteiger partial charge on any atom is 0.407 e. The summed E-state index contributed by atoms with van der Waals surface area (Å²) in [6.07, 6.45) is 3.22. The van der Waals surface area contributed by atoms with Crippen molar-refractivity contribution >= 4 is 18.1 Å². The molecule has 0 radical (unpaired) electrons. The van der Waals surface area contributed by atoms with E-state index < -0.39 is 6.09 Å². The number of amides is 2. The zero-order valence-corrected chi connectivity index (χ0v) is 14.9. The highest BCUT2D eigenvalue weighted by Gasteiger charge is 2.15. The van der Waals surface area contributed by atoms with Crippen LogP contribution in [0.25, 0.3) is 6.08 Å². The van der Waals surface area contributed by atoms with Crippen molar-refractivity contribution in [2.24, 2.45) is 5.92 Å². The molecule has 0 aliphatic carbocycles. The quantitative estimate of drug-likeness (QED) is 0.710. The maximum atomic E-state index is 12.0. The molecular formula is C19H25N3O3. The van der Waals surface area contributed by atoms with Crippen LogP contribution in [0.4, 0.5) is 4.79 Å². The lowest BCUT2D eigenvalue weighted by Gasteiger charge is -2.20. The van der Waals surface area contributed by atoms with Crippen LogP contribution in [0.1, 0.15) is 38.3 Å². The molecule has 0 aromatic heterocycles. The van der Waals surface area contributed by atoms with E-state index in [9.17, 15) is 9.59 Å². The Bertz CT molecular complexity index is 648. The molecule has 0 saturated carbocycles. The van der Waals surface area contributed by atoms with Crippen molar-refractivity contribution in [2.45, 2.75) is 33.2 Å². The second-order valence-corrected chi connectivity index (χ2v) is 5.97. The molecule has 6 heteroatoms. The zero-order valence-electron chi connectivity index (χ0n) is 14.9. The van der Waals surface area contributed by atoms with Crippen LogP contribution in [0.2, 0.25) is 0 Å². The van der Waals surface area contributed by atoms with Crippen LogP contribution < -0.4 is 10.6 Å². The van der Waals surface area contributed by atoms with Crippen LogP contribution in [0.5, 0.6) is 0 Å². The lowest BCUT2D eigenvalue weighted by molar-refractivity contribution is -0.116. The lowest BCUT2D eigenvalue weighted by Crippen LogP contribution is -2.44. The number of ether oxygens (including phenoxy) is 1. The van der Waals surface area contributed by atoms with E-state index in [1.807, 2.05) is 13.8 Å². The first kappa shape index (κ1) is 20.2. The van der Waals surface area contributed by atoms with E-state index in [1.165, 1.54) is 6.08 Å². The van der Waals surface area contributed by atoms with Gasteiger partial charge in [-0.25, -0.2) is 4.79 Å². The lowest BCUT2D eigenvalue weighted by atomic mass is 10.0. The minimum absolute atomic E-state index is 0.206. The van der Waals surface area contributed by atoms with Gasteiger partial charge in [-0.2, -0.15) is 5.26 Å². The Balaban J connectivity index is 2.60. The predicted molar refractivity (Wildman–Crippen MR) is 96.6 cm³/mol. The van der Waals surface area contributed by atoms with Crippen molar-refractivity contribution in [1.29, 1.82) is 5.26 Å². The third-order valence-electron chi connectivity index (χ3n) is 3.37. The Kier molecular flexibility index (Phi) is 8.80. The van der Waals surface area contributed by atoms with Gasteiger partial charge in [0.05, 0.1) is 18.2 Å². The van der Waals surface area contributed by atoms with Crippen molar-refractivity contribution < 1.29 is 14.3 Å². The highest BCUT2D eigenvalue weighted by atomic mass is 16.5. The molecule has 6 nitrogen and oxygen atoms in total. The number of nitrogens with zero attached hydrogens (tertiary/aromatic N) is 1. The number of carbonyl (C=O) groups is 2. The molecule has 25 heavy (non-hydrogen) atoms. The SMILES string of the molecule is CCOC(=O)NC(CNC(=O)/C=C/c1ccccc1C#N)CC(C)C. The van der Waals surface area contributed by atoms with Crippen LogP contribution in [0.15, 0.2) is 30.3 Å². The molecule has 0 heterocycles. The van der Waals surface area contributed by atoms with Crippen molar-refractivity contribution in [3.8, 4) is 6.07 Å². The molecule has 1 unspecified atom stereocenters. The van der Waals surface area contributed by atoms with Gasteiger partial charge in [-0.05, 0) is 37.0 Å². The Hall–Kier alpha value is -2.81. The van der Waals surface area contributed by atoms with Gasteiger partial charge in [-0.1, -0.05) is 32.0 Å². The van der Waals surface area contributed by atoms with Crippen molar-refractivity contribution in [2.75, 3.05) is 13.2 Å². The fourth-order valence-electron chi connectivity index (χ4n) is 2.29. The van der Waals surface area contributed by atoms with Crippen LogP contribution in [-0.2, 0) is 9.53 Å². The minimum Gasteiger partial charge on any atom is -0.450 e. The van der Waals surface area contributed by atoms with Gasteiger partial charge in [0.1, 0.15) is 0 Å². The second-order valence-electron chi connectivity index (χ2n) is 5.97. The molecule has 0 aliphatic rings. The van der Waals surface area contributed by atoms with Crippen LogP contribution in [-0.4, -0.2) is 31.2 Å². The number of nitriles is 1. The zero-order chi connectivity index (χ0) is 18.7. The first-order chi connectivity index (χ1) is 12.0. The molecule has 2 N–H and O–H groups in total. The van der Waals surface area contributed by atoms with E-state index in [0.717, 1.165) is 6.42 Å². The fraction of sp³-hybridized carbons (Fsp3) is 0.421. The first-order valence-electron chi connectivity index (χ1n) is 8.34. The third kappa shape index (κ3) is 8.02. The number of nitrogens with one attached hydrogen (secondary N) is 2. The molecule has 1 rings (SSSR count). The summed E-state index contributed by atoms with van der Waals surface area (Å²) in [5.41, 5.74) is 1.19. The summed E-state index contributed by atoms with van der Waals surface area (Å²) in [6.45, 7) is 6.43. The van der Waals surface area contributed by atoms with Gasteiger partial charge >= 0.3 is 6.09 Å². The molecular weight excluding hydrogens is 318 g/mol. The molecule has 0 saturated heterocycles. The van der Waals surface area contributed by atoms with Gasteiger partial charge in [-0.3, -0.25) is 4.79 Å². The molecule has 1 aromatic rings. The summed E-state index contributed by atoms with van der Waals surface area (Å²) in [4.78, 5) is 23.6. The van der Waals surface area contributed by atoms with Crippen LogP contribution >= 0.6 is 0 Å². The summed E-state index contributed by atoms with van der Waals surface area (Å²) < 4.78 is 4.88. The van der Waals surface area contributed by atoms with Crippen molar-refractivity contribution in [3.05, 3.63) is 41.5 Å². The molecule has 2 amide bonds. The summed E-state index contributed by atoms with van der Waals surface area (Å²) in [6, 6.07) is 8.92. The van der Waals surface area contributed by atoms with Crippen LogP contribution in [0, 0.1) is 17.2 Å². The fourth-order valence-corrected chi connectivity index (χ4v) is 2.29. The Morgan fingerprint density at radius 1 is 1.32 bits per heavy atom. The number of rotatable bonds is 8. The minimum atomic E-state index is -0.485. The average Bonchev–Trinajstić information content (AvgIpc) is 2.57. The normalized spacial score (nSPS) is 11.8. The number of carbonyl (C=O) groups excluding carboxylic acids is 2. The number of hydrogen-bond acceptors (Lipinski definition) is 4. The number of hydrogen-bond donors (Lipinski definition) is 2. The van der Waals surface area contributed by atoms with Gasteiger partial charge in [0, 0.05) is 18.7 Å². The Morgan fingerprint density at radius 3 is 2.68 bits per heavy atom. The van der Waals surface area contributed by atoms with E-state index in [0.29, 0.717) is 30.2 Å². The monoisotopic (exact) mass is 343 g/mol. The van der Waals surface area contributed by atoms with E-state index in [4.69, 9.17) is 10.00 Å². The maximum absolute atomic E-state index is 12.0. The highest BCUT2D eigenvalue weighted by molar-refractivity contribution is 5.92. The summed E-state index contributed by atoms with van der Waals surface area (Å²) in [7, 11) is 0. The Morgan fingerprint density at radius 2 is 2.04 bits per heavy atom. The van der Waals surface area contributed by atoms with Gasteiger partial charge in [-0.15, -0.1) is 0 Å². The molecule has 0 bridgehead atoms. The van der Waals surface area contributed by atoms with Gasteiger partial charge < -0.3 is 15.4 Å². The number of benzene rings is 1. The Labute approximate surface area is 148 Å². The third-order valence-corrected chi connectivity index (χ3v) is 3.37. The van der Waals surface area contributed by atoms with E-state index in [-0.39, 0.29) is 11.9 Å². The molecule has 0 fully saturated rings. The first-order valence-corrected chi connectivity index (χ1v) is 8.34. The predicted octanol–water partition coefficient (Wildman–Crippen LogP) is 2.85. The summed E-state index contributed by atoms with van der Waals surface area (Å²) in [5, 5.41) is 14.6. The second kappa shape index (κ2) is 10.9. The molecule has 134 valence electrons. The molecule has 1 atom stereocenters. The summed E-state index contributed by atoms with van der Waals surface area (Å²) >= 11 is 0. The summed E-state index contributed by atoms with van der Waals surface area (Å²) in [5.74, 6) is 0.0778. The molecule has 0 spiro atoms. The van der Waals surface area contributed by atoms with Crippen molar-refractivity contribution in [3.63, 3.8) is 0 Å². The van der Waals surface area contributed by atoms with E-state index in [1.54, 1.807) is 37.3 Å². The van der Waals surface area contributed by atoms with Crippen LogP contribution in [0.3, 0.4) is 0 Å².